The molecule has 0 saturated carbocycles. The van der Waals surface area contributed by atoms with Gasteiger partial charge in [-0.05, 0) is 29.9 Å². The number of hydrogen-bond acceptors (Lipinski definition) is 4. The first-order chi connectivity index (χ1) is 8.58. The molecule has 0 fully saturated rings. The number of aromatic nitrogens is 2. The molecule has 1 aliphatic rings. The molecule has 2 heterocycles. The number of ether oxygens (including phenoxy) is 1. The zero-order valence-corrected chi connectivity index (χ0v) is 11.6. The van der Waals surface area contributed by atoms with Gasteiger partial charge in [-0.2, -0.15) is 5.10 Å². The Kier molecular flexibility index (Phi) is 3.94. The van der Waals surface area contributed by atoms with Gasteiger partial charge in [-0.1, -0.05) is 27.7 Å². The molecule has 0 bridgehead atoms. The molecule has 0 radical (unpaired) electrons. The molecule has 18 heavy (non-hydrogen) atoms. The molecule has 4 heteroatoms. The lowest BCUT2D eigenvalue weighted by molar-refractivity contribution is 0.291. The highest BCUT2D eigenvalue weighted by molar-refractivity contribution is 5.94. The Morgan fingerprint density at radius 1 is 1.33 bits per heavy atom. The first-order valence-corrected chi connectivity index (χ1v) is 6.59. The summed E-state index contributed by atoms with van der Waals surface area (Å²) >= 11 is 0. The molecule has 0 amide bonds. The van der Waals surface area contributed by atoms with Crippen LogP contribution in [-0.4, -0.2) is 28.7 Å². The van der Waals surface area contributed by atoms with Crippen LogP contribution in [0.5, 0.6) is 0 Å². The topological polar surface area (TPSA) is 47.4 Å². The molecule has 0 N–H and O–H groups in total. The monoisotopic (exact) mass is 247 g/mol. The fraction of sp³-hybridized carbons (Fsp3) is 0.643. The molecule has 98 valence electrons. The predicted molar refractivity (Wildman–Crippen MR) is 71.7 cm³/mol. The van der Waals surface area contributed by atoms with Gasteiger partial charge in [0, 0.05) is 6.20 Å². The Labute approximate surface area is 108 Å². The molecular weight excluding hydrogens is 226 g/mol. The second-order valence-corrected chi connectivity index (χ2v) is 5.56. The molecule has 1 aromatic heterocycles. The van der Waals surface area contributed by atoms with Crippen LogP contribution in [0, 0.1) is 11.8 Å². The summed E-state index contributed by atoms with van der Waals surface area (Å²) in [7, 11) is 0. The Morgan fingerprint density at radius 3 is 2.72 bits per heavy atom. The van der Waals surface area contributed by atoms with Crippen molar-refractivity contribution in [3.63, 3.8) is 0 Å². The largest absolute Gasteiger partial charge is 0.474 e. The van der Waals surface area contributed by atoms with E-state index in [1.807, 2.05) is 6.07 Å². The van der Waals surface area contributed by atoms with Crippen LogP contribution < -0.4 is 0 Å². The minimum Gasteiger partial charge on any atom is -0.474 e. The molecule has 1 aliphatic heterocycles. The maximum Gasteiger partial charge on any atom is 0.238 e. The van der Waals surface area contributed by atoms with Crippen molar-refractivity contribution in [1.82, 2.24) is 10.2 Å². The molecule has 0 spiro atoms. The average molecular weight is 247 g/mol. The van der Waals surface area contributed by atoms with Crippen LogP contribution in [0.1, 0.15) is 39.0 Å². The van der Waals surface area contributed by atoms with Crippen LogP contribution >= 0.6 is 0 Å². The fourth-order valence-electron chi connectivity index (χ4n) is 2.00. The van der Waals surface area contributed by atoms with Crippen molar-refractivity contribution in [2.24, 2.45) is 16.8 Å². The number of rotatable bonds is 4. The van der Waals surface area contributed by atoms with Crippen LogP contribution in [0.3, 0.4) is 0 Å². The Bertz CT molecular complexity index is 440. The van der Waals surface area contributed by atoms with Gasteiger partial charge in [0.25, 0.3) is 0 Å². The fourth-order valence-corrected chi connectivity index (χ4v) is 2.00. The van der Waals surface area contributed by atoms with Crippen molar-refractivity contribution < 1.29 is 4.74 Å². The van der Waals surface area contributed by atoms with E-state index in [0.29, 0.717) is 24.3 Å². The van der Waals surface area contributed by atoms with E-state index >= 15 is 0 Å². The summed E-state index contributed by atoms with van der Waals surface area (Å²) in [5, 5.41) is 8.16. The third-order valence-corrected chi connectivity index (χ3v) is 3.08. The second kappa shape index (κ2) is 5.46. The van der Waals surface area contributed by atoms with Gasteiger partial charge in [0.15, 0.2) is 5.69 Å². The zero-order valence-electron chi connectivity index (χ0n) is 11.6. The Balaban J connectivity index is 2.26. The maximum absolute atomic E-state index is 5.68. The van der Waals surface area contributed by atoms with E-state index < -0.39 is 0 Å². The normalized spacial score (nSPS) is 19.2. The lowest BCUT2D eigenvalue weighted by Gasteiger charge is -2.08. The third-order valence-electron chi connectivity index (χ3n) is 3.08. The minimum atomic E-state index is 0.244. The summed E-state index contributed by atoms with van der Waals surface area (Å²) in [6.45, 7) is 9.36. The van der Waals surface area contributed by atoms with E-state index in [1.165, 1.54) is 5.56 Å². The van der Waals surface area contributed by atoms with Crippen LogP contribution in [0.2, 0.25) is 0 Å². The summed E-state index contributed by atoms with van der Waals surface area (Å²) in [6.07, 6.45) is 2.70. The van der Waals surface area contributed by atoms with Gasteiger partial charge >= 0.3 is 0 Å². The summed E-state index contributed by atoms with van der Waals surface area (Å²) in [6, 6.07) is 2.26. The highest BCUT2D eigenvalue weighted by Gasteiger charge is 2.25. The molecule has 4 nitrogen and oxygen atoms in total. The van der Waals surface area contributed by atoms with E-state index in [9.17, 15) is 0 Å². The lowest BCUT2D eigenvalue weighted by atomic mass is 10.0. The van der Waals surface area contributed by atoms with Gasteiger partial charge in [0.1, 0.15) is 6.61 Å². The van der Waals surface area contributed by atoms with Gasteiger partial charge in [0.05, 0.1) is 6.04 Å². The van der Waals surface area contributed by atoms with Crippen molar-refractivity contribution in [3.8, 4) is 0 Å². The Morgan fingerprint density at radius 2 is 2.11 bits per heavy atom. The van der Waals surface area contributed by atoms with Crippen molar-refractivity contribution in [2.75, 3.05) is 6.61 Å². The second-order valence-electron chi connectivity index (χ2n) is 5.56. The van der Waals surface area contributed by atoms with Gasteiger partial charge in [-0.25, -0.2) is 4.99 Å². The van der Waals surface area contributed by atoms with Crippen molar-refractivity contribution >= 4 is 5.90 Å². The van der Waals surface area contributed by atoms with Crippen LogP contribution in [-0.2, 0) is 11.2 Å². The van der Waals surface area contributed by atoms with E-state index in [-0.39, 0.29) is 6.04 Å². The first-order valence-electron chi connectivity index (χ1n) is 6.59. The van der Waals surface area contributed by atoms with Crippen LogP contribution in [0.15, 0.2) is 17.3 Å². The molecule has 1 unspecified atom stereocenters. The van der Waals surface area contributed by atoms with Gasteiger partial charge in [-0.15, -0.1) is 5.10 Å². The standard InChI is InChI=1S/C14H21N3O/c1-9(2)7-11-5-6-15-17-13(11)14-16-12(8-18-14)10(3)4/h5-6,9-10,12H,7-8H2,1-4H3. The molecule has 1 atom stereocenters. The van der Waals surface area contributed by atoms with E-state index in [0.717, 1.165) is 12.1 Å². The van der Waals surface area contributed by atoms with E-state index in [2.05, 4.69) is 42.9 Å². The zero-order chi connectivity index (χ0) is 13.1. The predicted octanol–water partition coefficient (Wildman–Crippen LogP) is 2.48. The van der Waals surface area contributed by atoms with Gasteiger partial charge < -0.3 is 4.74 Å². The van der Waals surface area contributed by atoms with Crippen molar-refractivity contribution in [3.05, 3.63) is 23.5 Å². The first kappa shape index (κ1) is 13.0. The minimum absolute atomic E-state index is 0.244. The molecular formula is C14H21N3O. The summed E-state index contributed by atoms with van der Waals surface area (Å²) in [4.78, 5) is 4.62. The summed E-state index contributed by atoms with van der Waals surface area (Å²) in [5.74, 6) is 1.74. The molecule has 1 aromatic rings. The summed E-state index contributed by atoms with van der Waals surface area (Å²) < 4.78 is 5.68. The molecule has 0 aromatic carbocycles. The molecule has 2 rings (SSSR count). The van der Waals surface area contributed by atoms with Crippen LogP contribution in [0.4, 0.5) is 0 Å². The lowest BCUT2D eigenvalue weighted by Crippen LogP contribution is -2.13. The molecule has 0 aliphatic carbocycles. The summed E-state index contributed by atoms with van der Waals surface area (Å²) in [5.41, 5.74) is 1.98. The SMILES string of the molecule is CC(C)Cc1ccnnc1C1=NC(C(C)C)CO1. The maximum atomic E-state index is 5.68. The Hall–Kier alpha value is -1.45. The van der Waals surface area contributed by atoms with E-state index in [1.54, 1.807) is 6.20 Å². The highest BCUT2D eigenvalue weighted by atomic mass is 16.5. The number of hydrogen-bond donors (Lipinski definition) is 0. The van der Waals surface area contributed by atoms with Crippen LogP contribution in [0.25, 0.3) is 0 Å². The smallest absolute Gasteiger partial charge is 0.238 e. The number of nitrogens with zero attached hydrogens (tertiary/aromatic N) is 3. The average Bonchev–Trinajstić information content (AvgIpc) is 2.78. The number of aliphatic imine (C=N–C) groups is 1. The van der Waals surface area contributed by atoms with Crippen molar-refractivity contribution in [1.29, 1.82) is 0 Å². The molecule has 0 saturated heterocycles. The quantitative estimate of drug-likeness (QED) is 0.821. The van der Waals surface area contributed by atoms with Gasteiger partial charge in [0.2, 0.25) is 5.90 Å². The van der Waals surface area contributed by atoms with Gasteiger partial charge in [-0.3, -0.25) is 0 Å². The third kappa shape index (κ3) is 2.86. The van der Waals surface area contributed by atoms with Crippen molar-refractivity contribution in [2.45, 2.75) is 40.2 Å². The highest BCUT2D eigenvalue weighted by Crippen LogP contribution is 2.19. The van der Waals surface area contributed by atoms with E-state index in [4.69, 9.17) is 4.74 Å².